The van der Waals surface area contributed by atoms with Crippen molar-refractivity contribution in [2.45, 2.75) is 25.4 Å². The number of carbonyl (C=O) groups excluding carboxylic acids is 2. The zero-order chi connectivity index (χ0) is 21.9. The van der Waals surface area contributed by atoms with E-state index in [1.165, 1.54) is 6.42 Å². The van der Waals surface area contributed by atoms with E-state index >= 15 is 0 Å². The summed E-state index contributed by atoms with van der Waals surface area (Å²) < 4.78 is 16.1. The van der Waals surface area contributed by atoms with Crippen LogP contribution in [0, 0.1) is 0 Å². The van der Waals surface area contributed by atoms with E-state index in [-0.39, 0.29) is 6.61 Å². The quantitative estimate of drug-likeness (QED) is 0.651. The van der Waals surface area contributed by atoms with Gasteiger partial charge in [-0.05, 0) is 50.2 Å². The van der Waals surface area contributed by atoms with Crippen molar-refractivity contribution in [3.8, 4) is 5.75 Å². The van der Waals surface area contributed by atoms with Crippen molar-refractivity contribution < 1.29 is 23.8 Å². The molecule has 1 heterocycles. The van der Waals surface area contributed by atoms with Crippen molar-refractivity contribution in [2.75, 3.05) is 44.0 Å². The maximum absolute atomic E-state index is 12.5. The normalized spacial score (nSPS) is 14.9. The summed E-state index contributed by atoms with van der Waals surface area (Å²) in [5.41, 5.74) is 1.19. The van der Waals surface area contributed by atoms with E-state index in [0.717, 1.165) is 25.9 Å². The van der Waals surface area contributed by atoms with Gasteiger partial charge in [0, 0.05) is 24.0 Å². The number of rotatable bonds is 8. The number of anilines is 2. The Labute approximate surface area is 182 Å². The Kier molecular flexibility index (Phi) is 8.54. The van der Waals surface area contributed by atoms with Crippen LogP contribution in [0.4, 0.5) is 21.0 Å². The fourth-order valence-corrected chi connectivity index (χ4v) is 3.40. The number of carbonyl (C=O) groups is 2. The van der Waals surface area contributed by atoms with Gasteiger partial charge >= 0.3 is 12.2 Å². The lowest BCUT2D eigenvalue weighted by atomic mass is 10.1. The summed E-state index contributed by atoms with van der Waals surface area (Å²) in [5.74, 6) is 0.628. The van der Waals surface area contributed by atoms with Crippen molar-refractivity contribution in [3.63, 3.8) is 0 Å². The SMILES string of the molecule is COc1cccc(NC(=O)OC(COC(=O)Nc2ccccc2)CN2CCCCC2)c1. The molecule has 0 radical (unpaired) electrons. The summed E-state index contributed by atoms with van der Waals surface area (Å²) in [6.07, 6.45) is 1.63. The molecule has 0 aliphatic carbocycles. The fraction of sp³-hybridized carbons (Fsp3) is 0.391. The third-order valence-corrected chi connectivity index (χ3v) is 4.92. The first kappa shape index (κ1) is 22.4. The molecule has 166 valence electrons. The van der Waals surface area contributed by atoms with Crippen LogP contribution < -0.4 is 15.4 Å². The van der Waals surface area contributed by atoms with Gasteiger partial charge in [-0.15, -0.1) is 0 Å². The number of piperidine rings is 1. The third kappa shape index (κ3) is 7.82. The highest BCUT2D eigenvalue weighted by Gasteiger charge is 2.22. The minimum Gasteiger partial charge on any atom is -0.497 e. The number of likely N-dealkylation sites (tertiary alicyclic amines) is 1. The Morgan fingerprint density at radius 3 is 2.39 bits per heavy atom. The fourth-order valence-electron chi connectivity index (χ4n) is 3.40. The first-order valence-corrected chi connectivity index (χ1v) is 10.5. The number of amides is 2. The van der Waals surface area contributed by atoms with Crippen LogP contribution >= 0.6 is 0 Å². The van der Waals surface area contributed by atoms with E-state index in [1.807, 2.05) is 18.2 Å². The lowest BCUT2D eigenvalue weighted by molar-refractivity contribution is 0.0299. The second-order valence-electron chi connectivity index (χ2n) is 7.34. The molecule has 2 amide bonds. The smallest absolute Gasteiger partial charge is 0.412 e. The summed E-state index contributed by atoms with van der Waals surface area (Å²) >= 11 is 0. The number of methoxy groups -OCH3 is 1. The highest BCUT2D eigenvalue weighted by Crippen LogP contribution is 2.17. The van der Waals surface area contributed by atoms with Gasteiger partial charge in [0.15, 0.2) is 6.10 Å². The highest BCUT2D eigenvalue weighted by atomic mass is 16.6. The first-order valence-electron chi connectivity index (χ1n) is 10.5. The number of benzene rings is 2. The zero-order valence-corrected chi connectivity index (χ0v) is 17.7. The molecule has 1 aliphatic rings. The van der Waals surface area contributed by atoms with Gasteiger partial charge < -0.3 is 14.2 Å². The molecular formula is C23H29N3O5. The number of nitrogens with zero attached hydrogens (tertiary/aromatic N) is 1. The van der Waals surface area contributed by atoms with Gasteiger partial charge in [0.25, 0.3) is 0 Å². The van der Waals surface area contributed by atoms with Crippen LogP contribution in [0.5, 0.6) is 5.75 Å². The molecule has 1 atom stereocenters. The Morgan fingerprint density at radius 1 is 0.935 bits per heavy atom. The second kappa shape index (κ2) is 11.8. The molecule has 2 aromatic carbocycles. The summed E-state index contributed by atoms with van der Waals surface area (Å²) in [7, 11) is 1.56. The van der Waals surface area contributed by atoms with Gasteiger partial charge in [-0.3, -0.25) is 15.5 Å². The second-order valence-corrected chi connectivity index (χ2v) is 7.34. The van der Waals surface area contributed by atoms with Crippen molar-refractivity contribution in [2.24, 2.45) is 0 Å². The largest absolute Gasteiger partial charge is 0.497 e. The highest BCUT2D eigenvalue weighted by molar-refractivity contribution is 5.85. The van der Waals surface area contributed by atoms with Gasteiger partial charge in [0.05, 0.1) is 7.11 Å². The van der Waals surface area contributed by atoms with E-state index in [4.69, 9.17) is 14.2 Å². The molecule has 0 saturated carbocycles. The molecule has 2 N–H and O–H groups in total. The number of hydrogen-bond donors (Lipinski definition) is 2. The monoisotopic (exact) mass is 427 g/mol. The Bertz CT molecular complexity index is 840. The Hall–Kier alpha value is -3.26. The van der Waals surface area contributed by atoms with E-state index in [1.54, 1.807) is 43.5 Å². The predicted octanol–water partition coefficient (Wildman–Crippen LogP) is 4.35. The lowest BCUT2D eigenvalue weighted by Crippen LogP contribution is -2.41. The van der Waals surface area contributed by atoms with Crippen LogP contribution in [0.2, 0.25) is 0 Å². The average Bonchev–Trinajstić information content (AvgIpc) is 2.79. The molecule has 1 saturated heterocycles. The van der Waals surface area contributed by atoms with Gasteiger partial charge in [-0.1, -0.05) is 30.7 Å². The van der Waals surface area contributed by atoms with E-state index in [0.29, 0.717) is 23.7 Å². The average molecular weight is 428 g/mol. The van der Waals surface area contributed by atoms with Crippen molar-refractivity contribution in [1.82, 2.24) is 4.90 Å². The van der Waals surface area contributed by atoms with Crippen LogP contribution in [0.25, 0.3) is 0 Å². The van der Waals surface area contributed by atoms with Gasteiger partial charge in [0.1, 0.15) is 12.4 Å². The van der Waals surface area contributed by atoms with Crippen LogP contribution in [-0.4, -0.2) is 56.5 Å². The molecular weight excluding hydrogens is 398 g/mol. The molecule has 0 bridgehead atoms. The maximum Gasteiger partial charge on any atom is 0.412 e. The lowest BCUT2D eigenvalue weighted by Gasteiger charge is -2.30. The third-order valence-electron chi connectivity index (χ3n) is 4.92. The van der Waals surface area contributed by atoms with E-state index < -0.39 is 18.3 Å². The van der Waals surface area contributed by atoms with E-state index in [2.05, 4.69) is 15.5 Å². The molecule has 8 heteroatoms. The molecule has 0 aromatic heterocycles. The maximum atomic E-state index is 12.5. The van der Waals surface area contributed by atoms with Crippen molar-refractivity contribution >= 4 is 23.6 Å². The summed E-state index contributed by atoms with van der Waals surface area (Å²) in [5, 5.41) is 5.36. The van der Waals surface area contributed by atoms with Crippen molar-refractivity contribution in [1.29, 1.82) is 0 Å². The zero-order valence-electron chi connectivity index (χ0n) is 17.7. The van der Waals surface area contributed by atoms with Crippen LogP contribution in [0.3, 0.4) is 0 Å². The standard InChI is InChI=1S/C23H29N3O5/c1-29-20-12-8-11-19(15-20)25-23(28)31-21(16-26-13-6-3-7-14-26)17-30-22(27)24-18-9-4-2-5-10-18/h2,4-5,8-12,15,21H,3,6-7,13-14,16-17H2,1H3,(H,24,27)(H,25,28). The molecule has 1 fully saturated rings. The molecule has 3 rings (SSSR count). The molecule has 2 aromatic rings. The summed E-state index contributed by atoms with van der Waals surface area (Å²) in [4.78, 5) is 26.8. The Balaban J connectivity index is 1.55. The number of nitrogens with one attached hydrogen (secondary N) is 2. The van der Waals surface area contributed by atoms with Gasteiger partial charge in [-0.25, -0.2) is 9.59 Å². The van der Waals surface area contributed by atoms with Crippen LogP contribution in [-0.2, 0) is 9.47 Å². The Morgan fingerprint density at radius 2 is 1.65 bits per heavy atom. The number of hydrogen-bond acceptors (Lipinski definition) is 6. The van der Waals surface area contributed by atoms with Crippen LogP contribution in [0.1, 0.15) is 19.3 Å². The number of ether oxygens (including phenoxy) is 3. The predicted molar refractivity (Wildman–Crippen MR) is 119 cm³/mol. The molecule has 0 spiro atoms. The minimum atomic E-state index is -0.609. The summed E-state index contributed by atoms with van der Waals surface area (Å²) in [6, 6.07) is 16.0. The first-order chi connectivity index (χ1) is 15.1. The molecule has 1 aliphatic heterocycles. The molecule has 1 unspecified atom stereocenters. The van der Waals surface area contributed by atoms with Gasteiger partial charge in [0.2, 0.25) is 0 Å². The molecule has 8 nitrogen and oxygen atoms in total. The molecule has 31 heavy (non-hydrogen) atoms. The van der Waals surface area contributed by atoms with E-state index in [9.17, 15) is 9.59 Å². The van der Waals surface area contributed by atoms with Crippen LogP contribution in [0.15, 0.2) is 54.6 Å². The van der Waals surface area contributed by atoms with Crippen molar-refractivity contribution in [3.05, 3.63) is 54.6 Å². The number of para-hydroxylation sites is 1. The van der Waals surface area contributed by atoms with Gasteiger partial charge in [-0.2, -0.15) is 0 Å². The summed E-state index contributed by atoms with van der Waals surface area (Å²) in [6.45, 7) is 2.34. The minimum absolute atomic E-state index is 0.0410. The topological polar surface area (TPSA) is 89.1 Å².